The molecule has 0 atom stereocenters. The first-order chi connectivity index (χ1) is 9.69. The third kappa shape index (κ3) is 2.82. The van der Waals surface area contributed by atoms with Crippen molar-refractivity contribution in [1.29, 1.82) is 0 Å². The average Bonchev–Trinajstić information content (AvgIpc) is 2.47. The van der Waals surface area contributed by atoms with Crippen LogP contribution in [0.3, 0.4) is 0 Å². The molecule has 0 aliphatic rings. The normalized spacial score (nSPS) is 11.3. The van der Waals surface area contributed by atoms with Crippen LogP contribution >= 0.6 is 0 Å². The van der Waals surface area contributed by atoms with Gasteiger partial charge in [0.2, 0.25) is 0 Å². The second-order valence-electron chi connectivity index (χ2n) is 4.36. The molecule has 20 heavy (non-hydrogen) atoms. The highest BCUT2D eigenvalue weighted by Gasteiger charge is 2.27. The first kappa shape index (κ1) is 14.5. The number of rotatable bonds is 5. The van der Waals surface area contributed by atoms with Crippen LogP contribution in [0.5, 0.6) is 0 Å². The Labute approximate surface area is 117 Å². The molecule has 2 aromatic heterocycles. The Balaban J connectivity index is 2.57. The maximum Gasteiger partial charge on any atom is 0.146 e. The summed E-state index contributed by atoms with van der Waals surface area (Å²) in [5, 5.41) is 0. The Bertz CT molecular complexity index is 525. The quantitative estimate of drug-likeness (QED) is 0.840. The first-order valence-corrected chi connectivity index (χ1v) is 6.63. The molecule has 2 heterocycles. The summed E-state index contributed by atoms with van der Waals surface area (Å²) in [6.07, 6.45) is 3.02. The molecular weight excluding hydrogens is 260 g/mol. The second-order valence-corrected chi connectivity index (χ2v) is 4.36. The van der Waals surface area contributed by atoms with E-state index in [1.807, 2.05) is 18.7 Å². The number of aromatic nitrogens is 2. The van der Waals surface area contributed by atoms with Crippen molar-refractivity contribution in [3.63, 3.8) is 0 Å². The molecule has 0 saturated carbocycles. The second kappa shape index (κ2) is 6.52. The maximum absolute atomic E-state index is 14.1. The highest BCUT2D eigenvalue weighted by molar-refractivity contribution is 5.24. The smallest absolute Gasteiger partial charge is 0.146 e. The van der Waals surface area contributed by atoms with Gasteiger partial charge in [-0.05, 0) is 37.4 Å². The predicted molar refractivity (Wildman–Crippen MR) is 73.2 cm³/mol. The fourth-order valence-electron chi connectivity index (χ4n) is 2.26. The van der Waals surface area contributed by atoms with E-state index in [9.17, 15) is 8.78 Å². The molecule has 0 spiro atoms. The van der Waals surface area contributed by atoms with Gasteiger partial charge in [0.1, 0.15) is 17.7 Å². The van der Waals surface area contributed by atoms with Crippen molar-refractivity contribution >= 4 is 0 Å². The van der Waals surface area contributed by atoms with E-state index in [0.29, 0.717) is 13.1 Å². The van der Waals surface area contributed by atoms with Crippen LogP contribution in [0.2, 0.25) is 0 Å². The molecule has 5 heteroatoms. The van der Waals surface area contributed by atoms with Crippen molar-refractivity contribution in [1.82, 2.24) is 14.9 Å². The largest absolute Gasteiger partial charge is 0.290 e. The summed E-state index contributed by atoms with van der Waals surface area (Å²) in [5.74, 6) is -0.899. The van der Waals surface area contributed by atoms with E-state index in [2.05, 4.69) is 9.97 Å². The minimum absolute atomic E-state index is 0.203. The van der Waals surface area contributed by atoms with Crippen molar-refractivity contribution in [3.05, 3.63) is 59.7 Å². The van der Waals surface area contributed by atoms with Gasteiger partial charge in [0.25, 0.3) is 0 Å². The SMILES string of the molecule is CCN(CC)C(c1ncccc1F)c1ncccc1F. The molecule has 0 aromatic carbocycles. The van der Waals surface area contributed by atoms with E-state index in [4.69, 9.17) is 0 Å². The Morgan fingerprint density at radius 3 is 1.75 bits per heavy atom. The van der Waals surface area contributed by atoms with Gasteiger partial charge in [-0.3, -0.25) is 14.9 Å². The molecule has 0 aliphatic heterocycles. The number of halogens is 2. The molecule has 2 rings (SSSR count). The molecule has 106 valence electrons. The van der Waals surface area contributed by atoms with Crippen LogP contribution in [0.1, 0.15) is 31.3 Å². The van der Waals surface area contributed by atoms with Gasteiger partial charge in [0.15, 0.2) is 0 Å². The zero-order chi connectivity index (χ0) is 14.5. The summed E-state index contributed by atoms with van der Waals surface area (Å²) < 4.78 is 28.1. The summed E-state index contributed by atoms with van der Waals surface area (Å²) in [6, 6.07) is 5.09. The van der Waals surface area contributed by atoms with Crippen molar-refractivity contribution in [2.45, 2.75) is 19.9 Å². The maximum atomic E-state index is 14.1. The standard InChI is InChI=1S/C15H17F2N3/c1-3-20(4-2)15(13-11(16)7-5-9-18-13)14-12(17)8-6-10-19-14/h5-10,15H,3-4H2,1-2H3. The third-order valence-corrected chi connectivity index (χ3v) is 3.27. The summed E-state index contributed by atoms with van der Waals surface area (Å²) in [7, 11) is 0. The van der Waals surface area contributed by atoms with Crippen LogP contribution in [-0.2, 0) is 0 Å². The summed E-state index contributed by atoms with van der Waals surface area (Å²) in [4.78, 5) is 10.1. The minimum Gasteiger partial charge on any atom is -0.290 e. The monoisotopic (exact) mass is 277 g/mol. The highest BCUT2D eigenvalue weighted by atomic mass is 19.1. The summed E-state index contributed by atoms with van der Waals surface area (Å²) in [5.41, 5.74) is 0.405. The molecule has 0 radical (unpaired) electrons. The molecule has 2 aromatic rings. The van der Waals surface area contributed by atoms with Gasteiger partial charge in [0.05, 0.1) is 11.4 Å². The van der Waals surface area contributed by atoms with Gasteiger partial charge >= 0.3 is 0 Å². The highest BCUT2D eigenvalue weighted by Crippen LogP contribution is 2.28. The predicted octanol–water partition coefficient (Wildman–Crippen LogP) is 3.19. The van der Waals surface area contributed by atoms with E-state index in [-0.39, 0.29) is 11.4 Å². The zero-order valence-electron chi connectivity index (χ0n) is 11.6. The Morgan fingerprint density at radius 1 is 0.950 bits per heavy atom. The Morgan fingerprint density at radius 2 is 1.40 bits per heavy atom. The summed E-state index contributed by atoms with van der Waals surface area (Å²) >= 11 is 0. The van der Waals surface area contributed by atoms with Gasteiger partial charge in [-0.25, -0.2) is 8.78 Å². The van der Waals surface area contributed by atoms with Crippen molar-refractivity contribution in [2.75, 3.05) is 13.1 Å². The first-order valence-electron chi connectivity index (χ1n) is 6.63. The molecule has 3 nitrogen and oxygen atoms in total. The van der Waals surface area contributed by atoms with Gasteiger partial charge in [-0.2, -0.15) is 0 Å². The van der Waals surface area contributed by atoms with E-state index >= 15 is 0 Å². The van der Waals surface area contributed by atoms with Gasteiger partial charge in [-0.15, -0.1) is 0 Å². The molecule has 0 bridgehead atoms. The van der Waals surface area contributed by atoms with Gasteiger partial charge < -0.3 is 0 Å². The van der Waals surface area contributed by atoms with E-state index in [1.54, 1.807) is 0 Å². The van der Waals surface area contributed by atoms with Crippen LogP contribution in [0.4, 0.5) is 8.78 Å². The molecule has 0 saturated heterocycles. The molecular formula is C15H17F2N3. The number of hydrogen-bond acceptors (Lipinski definition) is 3. The zero-order valence-corrected chi connectivity index (χ0v) is 11.6. The number of pyridine rings is 2. The molecule has 0 unspecified atom stereocenters. The van der Waals surface area contributed by atoms with E-state index in [1.165, 1.54) is 36.7 Å². The van der Waals surface area contributed by atoms with Crippen molar-refractivity contribution in [2.24, 2.45) is 0 Å². The Hall–Kier alpha value is -1.88. The summed E-state index contributed by atoms with van der Waals surface area (Å²) in [6.45, 7) is 5.18. The van der Waals surface area contributed by atoms with Crippen molar-refractivity contribution in [3.8, 4) is 0 Å². The lowest BCUT2D eigenvalue weighted by atomic mass is 10.1. The van der Waals surface area contributed by atoms with Crippen LogP contribution in [0.25, 0.3) is 0 Å². The molecule has 0 fully saturated rings. The lowest BCUT2D eigenvalue weighted by Gasteiger charge is -2.29. The minimum atomic E-state index is -0.618. The lowest BCUT2D eigenvalue weighted by Crippen LogP contribution is -2.32. The van der Waals surface area contributed by atoms with Crippen LogP contribution in [0, 0.1) is 11.6 Å². The molecule has 0 N–H and O–H groups in total. The van der Waals surface area contributed by atoms with E-state index < -0.39 is 17.7 Å². The molecule has 0 amide bonds. The average molecular weight is 277 g/mol. The van der Waals surface area contributed by atoms with E-state index in [0.717, 1.165) is 0 Å². The van der Waals surface area contributed by atoms with Gasteiger partial charge in [0, 0.05) is 12.4 Å². The van der Waals surface area contributed by atoms with Crippen molar-refractivity contribution < 1.29 is 8.78 Å². The number of nitrogens with zero attached hydrogens (tertiary/aromatic N) is 3. The topological polar surface area (TPSA) is 29.0 Å². The fraction of sp³-hybridized carbons (Fsp3) is 0.333. The number of hydrogen-bond donors (Lipinski definition) is 0. The molecule has 0 aliphatic carbocycles. The Kier molecular flexibility index (Phi) is 4.74. The third-order valence-electron chi connectivity index (χ3n) is 3.27. The van der Waals surface area contributed by atoms with Crippen LogP contribution < -0.4 is 0 Å². The fourth-order valence-corrected chi connectivity index (χ4v) is 2.26. The van der Waals surface area contributed by atoms with Crippen LogP contribution in [0.15, 0.2) is 36.7 Å². The van der Waals surface area contributed by atoms with Gasteiger partial charge in [-0.1, -0.05) is 13.8 Å². The lowest BCUT2D eigenvalue weighted by molar-refractivity contribution is 0.232. The van der Waals surface area contributed by atoms with Crippen LogP contribution in [-0.4, -0.2) is 28.0 Å².